The van der Waals surface area contributed by atoms with E-state index in [2.05, 4.69) is 0 Å². The number of methoxy groups -OCH3 is 1. The van der Waals surface area contributed by atoms with Crippen LogP contribution in [0.1, 0.15) is 6.92 Å². The minimum Gasteiger partial charge on any atom is -0.507 e. The third-order valence-electron chi connectivity index (χ3n) is 5.86. The van der Waals surface area contributed by atoms with E-state index in [9.17, 15) is 35.1 Å². The summed E-state index contributed by atoms with van der Waals surface area (Å²) < 4.78 is 27.0. The van der Waals surface area contributed by atoms with Crippen molar-refractivity contribution >= 4 is 16.9 Å². The summed E-state index contributed by atoms with van der Waals surface area (Å²) in [6.07, 6.45) is -5.18. The van der Waals surface area contributed by atoms with Crippen LogP contribution in [-0.4, -0.2) is 75.9 Å². The predicted molar refractivity (Wildman–Crippen MR) is 131 cm³/mol. The van der Waals surface area contributed by atoms with E-state index in [1.165, 1.54) is 43.5 Å². The van der Waals surface area contributed by atoms with E-state index in [1.54, 1.807) is 6.92 Å². The van der Waals surface area contributed by atoms with Crippen LogP contribution in [0.3, 0.4) is 0 Å². The third kappa shape index (κ3) is 5.43. The molecule has 5 N–H and O–H groups in total. The lowest BCUT2D eigenvalue weighted by Crippen LogP contribution is -2.60. The fourth-order valence-corrected chi connectivity index (χ4v) is 3.92. The zero-order chi connectivity index (χ0) is 27.6. The first-order valence-electron chi connectivity index (χ1n) is 11.5. The molecule has 0 saturated carbocycles. The summed E-state index contributed by atoms with van der Waals surface area (Å²) in [6.45, 7) is 1.17. The van der Waals surface area contributed by atoms with E-state index in [0.717, 1.165) is 12.1 Å². The average molecular weight is 530 g/mol. The first-order chi connectivity index (χ1) is 18.1. The van der Waals surface area contributed by atoms with Crippen LogP contribution in [0.2, 0.25) is 0 Å². The van der Waals surface area contributed by atoms with Gasteiger partial charge in [0, 0.05) is 29.8 Å². The van der Waals surface area contributed by atoms with Crippen LogP contribution in [0.5, 0.6) is 23.0 Å². The second-order valence-corrected chi connectivity index (χ2v) is 8.44. The molecule has 12 heteroatoms. The van der Waals surface area contributed by atoms with Gasteiger partial charge < -0.3 is 48.9 Å². The van der Waals surface area contributed by atoms with Crippen molar-refractivity contribution < 1.29 is 53.7 Å². The zero-order valence-electron chi connectivity index (χ0n) is 20.3. The molecule has 1 aliphatic rings. The molecule has 1 aliphatic heterocycles. The number of carbonyl (C=O) groups excluding carboxylic acids is 1. The zero-order valence-corrected chi connectivity index (χ0v) is 20.3. The molecule has 5 atom stereocenters. The molecule has 3 aromatic rings. The Morgan fingerprint density at radius 3 is 2.50 bits per heavy atom. The van der Waals surface area contributed by atoms with Gasteiger partial charge in [0.15, 0.2) is 16.9 Å². The predicted octanol–water partition coefficient (Wildman–Crippen LogP) is 1.19. The fraction of sp³-hybridized carbons (Fsp3) is 0.308. The van der Waals surface area contributed by atoms with E-state index >= 15 is 0 Å². The number of rotatable bonds is 7. The fourth-order valence-electron chi connectivity index (χ4n) is 3.92. The van der Waals surface area contributed by atoms with Gasteiger partial charge in [0.05, 0.1) is 7.11 Å². The Kier molecular flexibility index (Phi) is 7.88. The van der Waals surface area contributed by atoms with Crippen LogP contribution in [0, 0.1) is 0 Å². The van der Waals surface area contributed by atoms with Crippen molar-refractivity contribution in [2.45, 2.75) is 37.6 Å². The number of hydrogen-bond acceptors (Lipinski definition) is 12. The van der Waals surface area contributed by atoms with Gasteiger partial charge in [-0.1, -0.05) is 6.08 Å². The maximum atomic E-state index is 12.8. The minimum atomic E-state index is -1.71. The Balaban J connectivity index is 1.63. The Labute approximate surface area is 215 Å². The summed E-state index contributed by atoms with van der Waals surface area (Å²) in [6, 6.07) is 7.86. The van der Waals surface area contributed by atoms with Crippen LogP contribution >= 0.6 is 0 Å². The number of ether oxygens (including phenoxy) is 4. The maximum Gasteiger partial charge on any atom is 0.330 e. The maximum absolute atomic E-state index is 12.8. The van der Waals surface area contributed by atoms with Crippen molar-refractivity contribution in [1.82, 2.24) is 0 Å². The number of aliphatic hydroxyl groups excluding tert-OH is 3. The Morgan fingerprint density at radius 1 is 1.03 bits per heavy atom. The molecule has 0 amide bonds. The molecular weight excluding hydrogens is 504 g/mol. The van der Waals surface area contributed by atoms with Gasteiger partial charge in [0.2, 0.25) is 6.29 Å². The SMILES string of the molecule is C/C=C/C(=O)OCC1OC(Oc2cc(O)c3c(=O)cc(-c4ccc(O)c(OC)c4)oc3c2)C(O)C(O)C1O. The quantitative estimate of drug-likeness (QED) is 0.217. The van der Waals surface area contributed by atoms with E-state index in [0.29, 0.717) is 5.56 Å². The summed E-state index contributed by atoms with van der Waals surface area (Å²) in [7, 11) is 1.37. The minimum absolute atomic E-state index is 0.0720. The Morgan fingerprint density at radius 2 is 1.79 bits per heavy atom. The van der Waals surface area contributed by atoms with Crippen molar-refractivity contribution in [3.05, 3.63) is 58.8 Å². The van der Waals surface area contributed by atoms with Crippen molar-refractivity contribution in [2.24, 2.45) is 0 Å². The van der Waals surface area contributed by atoms with Gasteiger partial charge in [0.1, 0.15) is 59.3 Å². The molecule has 4 rings (SSSR count). The van der Waals surface area contributed by atoms with E-state index in [-0.39, 0.29) is 34.0 Å². The van der Waals surface area contributed by atoms with Gasteiger partial charge in [-0.15, -0.1) is 0 Å². The average Bonchev–Trinajstić information content (AvgIpc) is 2.88. The summed E-state index contributed by atoms with van der Waals surface area (Å²) in [5, 5.41) is 51.1. The van der Waals surface area contributed by atoms with Crippen LogP contribution in [0.25, 0.3) is 22.3 Å². The topological polar surface area (TPSA) is 185 Å². The van der Waals surface area contributed by atoms with Crippen LogP contribution < -0.4 is 14.9 Å². The summed E-state index contributed by atoms with van der Waals surface area (Å²) in [5.41, 5.74) is -0.229. The smallest absolute Gasteiger partial charge is 0.330 e. The molecular formula is C26H26O12. The number of phenols is 2. The first kappa shape index (κ1) is 26.9. The van der Waals surface area contributed by atoms with Gasteiger partial charge in [-0.3, -0.25) is 4.79 Å². The van der Waals surface area contributed by atoms with Gasteiger partial charge in [-0.05, 0) is 25.1 Å². The largest absolute Gasteiger partial charge is 0.507 e. The van der Waals surface area contributed by atoms with Crippen LogP contribution in [0.15, 0.2) is 57.8 Å². The first-order valence-corrected chi connectivity index (χ1v) is 11.5. The Hall–Kier alpha value is -4.10. The highest BCUT2D eigenvalue weighted by Crippen LogP contribution is 2.35. The third-order valence-corrected chi connectivity index (χ3v) is 5.86. The summed E-state index contributed by atoms with van der Waals surface area (Å²) in [5.74, 6) is -1.13. The molecule has 2 heterocycles. The highest BCUT2D eigenvalue weighted by molar-refractivity contribution is 5.86. The highest BCUT2D eigenvalue weighted by Gasteiger charge is 2.45. The van der Waals surface area contributed by atoms with E-state index in [4.69, 9.17) is 23.4 Å². The normalized spacial score (nSPS) is 23.4. The molecule has 0 bridgehead atoms. The number of benzene rings is 2. The summed E-state index contributed by atoms with van der Waals surface area (Å²) in [4.78, 5) is 24.4. The van der Waals surface area contributed by atoms with Crippen molar-refractivity contribution in [2.75, 3.05) is 13.7 Å². The molecule has 38 heavy (non-hydrogen) atoms. The number of esters is 1. The molecule has 1 aromatic heterocycles. The molecule has 202 valence electrons. The van der Waals surface area contributed by atoms with Gasteiger partial charge >= 0.3 is 5.97 Å². The molecule has 1 fully saturated rings. The molecule has 0 spiro atoms. The number of aliphatic hydroxyl groups is 3. The van der Waals surface area contributed by atoms with Crippen molar-refractivity contribution in [1.29, 1.82) is 0 Å². The van der Waals surface area contributed by atoms with Gasteiger partial charge in [-0.25, -0.2) is 4.79 Å². The van der Waals surface area contributed by atoms with Gasteiger partial charge in [-0.2, -0.15) is 0 Å². The monoisotopic (exact) mass is 530 g/mol. The number of aromatic hydroxyl groups is 2. The number of carbonyl (C=O) groups is 1. The molecule has 12 nitrogen and oxygen atoms in total. The lowest BCUT2D eigenvalue weighted by Gasteiger charge is -2.39. The molecule has 5 unspecified atom stereocenters. The van der Waals surface area contributed by atoms with E-state index < -0.39 is 54.5 Å². The Bertz CT molecular complexity index is 1410. The van der Waals surface area contributed by atoms with Crippen molar-refractivity contribution in [3.8, 4) is 34.3 Å². The van der Waals surface area contributed by atoms with Crippen LogP contribution in [0.4, 0.5) is 0 Å². The molecule has 2 aromatic carbocycles. The standard InChI is InChI=1S/C26H26O12/c1-3-4-21(30)35-11-20-23(31)24(32)25(33)26(38-20)36-13-8-15(28)22-16(29)10-17(37-19(22)9-13)12-5-6-14(27)18(7-12)34-2/h3-10,20,23-28,31-33H,11H2,1-2H3/b4-3+. The summed E-state index contributed by atoms with van der Waals surface area (Å²) >= 11 is 0. The second kappa shape index (κ2) is 11.1. The lowest BCUT2D eigenvalue weighted by atomic mass is 9.99. The number of hydrogen-bond donors (Lipinski definition) is 5. The van der Waals surface area contributed by atoms with E-state index in [1.807, 2.05) is 0 Å². The highest BCUT2D eigenvalue weighted by atomic mass is 16.7. The number of fused-ring (bicyclic) bond motifs is 1. The lowest BCUT2D eigenvalue weighted by molar-refractivity contribution is -0.278. The number of allylic oxidation sites excluding steroid dienone is 1. The second-order valence-electron chi connectivity index (χ2n) is 8.44. The molecule has 0 aliphatic carbocycles. The van der Waals surface area contributed by atoms with Crippen molar-refractivity contribution in [3.63, 3.8) is 0 Å². The van der Waals surface area contributed by atoms with Crippen LogP contribution in [-0.2, 0) is 14.3 Å². The van der Waals surface area contributed by atoms with Gasteiger partial charge in [0.25, 0.3) is 0 Å². The number of phenolic OH excluding ortho intramolecular Hbond substituents is 2. The molecule has 1 saturated heterocycles. The molecule has 0 radical (unpaired) electrons.